The molecule has 0 radical (unpaired) electrons. The standard InChI is InChI=1S/C19H18ClNO7/c1-4-27-18-14(20)7-13(9-17(18)26-3)19(23)28-10-16(22)12-6-5-11(2)15(8-12)21(24)25/h5-9H,4,10H2,1-3H3. The van der Waals surface area contributed by atoms with Gasteiger partial charge in [0.05, 0.1) is 29.2 Å². The minimum absolute atomic E-state index is 0.0763. The molecule has 0 spiro atoms. The van der Waals surface area contributed by atoms with Crippen molar-refractivity contribution in [1.29, 1.82) is 0 Å². The van der Waals surface area contributed by atoms with Crippen LogP contribution in [0.5, 0.6) is 11.5 Å². The molecule has 0 bridgehead atoms. The van der Waals surface area contributed by atoms with Crippen LogP contribution in [0.2, 0.25) is 5.02 Å². The summed E-state index contributed by atoms with van der Waals surface area (Å²) in [5.41, 5.74) is 0.398. The van der Waals surface area contributed by atoms with Crippen molar-refractivity contribution in [3.8, 4) is 11.5 Å². The highest BCUT2D eigenvalue weighted by Crippen LogP contribution is 2.36. The number of rotatable bonds is 8. The van der Waals surface area contributed by atoms with Crippen LogP contribution in [0.4, 0.5) is 5.69 Å². The summed E-state index contributed by atoms with van der Waals surface area (Å²) in [6.07, 6.45) is 0. The Labute approximate surface area is 166 Å². The van der Waals surface area contributed by atoms with E-state index in [1.807, 2.05) is 0 Å². The molecule has 0 unspecified atom stereocenters. The number of esters is 1. The quantitative estimate of drug-likeness (QED) is 0.282. The van der Waals surface area contributed by atoms with Crippen LogP contribution in [0.3, 0.4) is 0 Å². The normalized spacial score (nSPS) is 10.3. The summed E-state index contributed by atoms with van der Waals surface area (Å²) in [6, 6.07) is 6.79. The minimum atomic E-state index is -0.793. The molecule has 0 amide bonds. The summed E-state index contributed by atoms with van der Waals surface area (Å²) < 4.78 is 15.6. The Kier molecular flexibility index (Phi) is 6.94. The first-order valence-electron chi connectivity index (χ1n) is 8.24. The average Bonchev–Trinajstić information content (AvgIpc) is 2.67. The number of Topliss-reactive ketones (excluding diaryl/α,β-unsaturated/α-hetero) is 1. The molecular formula is C19H18ClNO7. The number of ether oxygens (including phenoxy) is 3. The predicted molar refractivity (Wildman–Crippen MR) is 102 cm³/mol. The lowest BCUT2D eigenvalue weighted by Gasteiger charge is -2.12. The highest BCUT2D eigenvalue weighted by atomic mass is 35.5. The maximum absolute atomic E-state index is 12.3. The maximum atomic E-state index is 12.3. The Balaban J connectivity index is 2.14. The SMILES string of the molecule is CCOc1c(Cl)cc(C(=O)OCC(=O)c2ccc(C)c([N+](=O)[O-])c2)cc1OC. The van der Waals surface area contributed by atoms with Gasteiger partial charge in [-0.05, 0) is 26.0 Å². The van der Waals surface area contributed by atoms with Crippen LogP contribution < -0.4 is 9.47 Å². The number of nitro groups is 1. The Morgan fingerprint density at radius 1 is 1.18 bits per heavy atom. The number of hydrogen-bond donors (Lipinski definition) is 0. The number of carbonyl (C=O) groups excluding carboxylic acids is 2. The second-order valence-electron chi connectivity index (χ2n) is 5.68. The summed E-state index contributed by atoms with van der Waals surface area (Å²) >= 11 is 6.11. The molecule has 0 saturated carbocycles. The molecule has 0 aliphatic heterocycles. The largest absolute Gasteiger partial charge is 0.493 e. The molecule has 148 valence electrons. The van der Waals surface area contributed by atoms with E-state index in [1.165, 1.54) is 31.4 Å². The van der Waals surface area contributed by atoms with Gasteiger partial charge in [0.2, 0.25) is 5.78 Å². The van der Waals surface area contributed by atoms with Gasteiger partial charge in [0.25, 0.3) is 5.69 Å². The van der Waals surface area contributed by atoms with Gasteiger partial charge in [0.1, 0.15) is 0 Å². The van der Waals surface area contributed by atoms with Crippen molar-refractivity contribution in [2.24, 2.45) is 0 Å². The fourth-order valence-electron chi connectivity index (χ4n) is 2.40. The molecule has 8 nitrogen and oxygen atoms in total. The molecule has 2 aromatic carbocycles. The Morgan fingerprint density at radius 3 is 2.50 bits per heavy atom. The lowest BCUT2D eigenvalue weighted by Crippen LogP contribution is -2.15. The summed E-state index contributed by atoms with van der Waals surface area (Å²) in [4.78, 5) is 34.9. The Hall–Kier alpha value is -3.13. The van der Waals surface area contributed by atoms with E-state index >= 15 is 0 Å². The molecule has 0 saturated heterocycles. The van der Waals surface area contributed by atoms with Crippen molar-refractivity contribution >= 4 is 29.0 Å². The molecule has 9 heteroatoms. The number of methoxy groups -OCH3 is 1. The maximum Gasteiger partial charge on any atom is 0.338 e. The molecule has 0 aliphatic carbocycles. The fraction of sp³-hybridized carbons (Fsp3) is 0.263. The molecule has 0 atom stereocenters. The van der Waals surface area contributed by atoms with Crippen molar-refractivity contribution in [2.45, 2.75) is 13.8 Å². The van der Waals surface area contributed by atoms with Crippen molar-refractivity contribution in [3.05, 3.63) is 62.2 Å². The third kappa shape index (κ3) is 4.77. The van der Waals surface area contributed by atoms with Crippen LogP contribution >= 0.6 is 11.6 Å². The van der Waals surface area contributed by atoms with E-state index in [-0.39, 0.29) is 27.6 Å². The first-order valence-corrected chi connectivity index (χ1v) is 8.62. The Bertz CT molecular complexity index is 927. The third-order valence-corrected chi connectivity index (χ3v) is 4.10. The van der Waals surface area contributed by atoms with Gasteiger partial charge in [0, 0.05) is 17.2 Å². The molecule has 0 fully saturated rings. The number of carbonyl (C=O) groups is 2. The monoisotopic (exact) mass is 407 g/mol. The van der Waals surface area contributed by atoms with Crippen molar-refractivity contribution in [2.75, 3.05) is 20.3 Å². The van der Waals surface area contributed by atoms with Crippen molar-refractivity contribution in [1.82, 2.24) is 0 Å². The van der Waals surface area contributed by atoms with E-state index in [0.29, 0.717) is 17.9 Å². The molecule has 0 N–H and O–H groups in total. The van der Waals surface area contributed by atoms with Gasteiger partial charge in [-0.2, -0.15) is 0 Å². The second kappa shape index (κ2) is 9.18. The van der Waals surface area contributed by atoms with Gasteiger partial charge in [-0.3, -0.25) is 14.9 Å². The number of hydrogen-bond acceptors (Lipinski definition) is 7. The predicted octanol–water partition coefficient (Wildman–Crippen LogP) is 4.00. The van der Waals surface area contributed by atoms with E-state index in [9.17, 15) is 19.7 Å². The molecule has 0 aromatic heterocycles. The molecule has 28 heavy (non-hydrogen) atoms. The van der Waals surface area contributed by atoms with E-state index < -0.39 is 23.3 Å². The van der Waals surface area contributed by atoms with E-state index in [0.717, 1.165) is 6.07 Å². The fourth-order valence-corrected chi connectivity index (χ4v) is 2.66. The van der Waals surface area contributed by atoms with E-state index in [1.54, 1.807) is 13.8 Å². The number of halogens is 1. The summed E-state index contributed by atoms with van der Waals surface area (Å²) in [7, 11) is 1.40. The molecule has 2 rings (SSSR count). The minimum Gasteiger partial charge on any atom is -0.493 e. The van der Waals surface area contributed by atoms with Gasteiger partial charge < -0.3 is 14.2 Å². The third-order valence-electron chi connectivity index (χ3n) is 3.82. The Morgan fingerprint density at radius 2 is 1.89 bits per heavy atom. The van der Waals surface area contributed by atoms with Crippen LogP contribution in [0, 0.1) is 17.0 Å². The number of nitrogens with zero attached hydrogens (tertiary/aromatic N) is 1. The number of benzene rings is 2. The zero-order valence-electron chi connectivity index (χ0n) is 15.5. The number of nitro benzene ring substituents is 1. The van der Waals surface area contributed by atoms with Crippen molar-refractivity contribution in [3.63, 3.8) is 0 Å². The zero-order valence-corrected chi connectivity index (χ0v) is 16.2. The molecular weight excluding hydrogens is 390 g/mol. The van der Waals surface area contributed by atoms with Gasteiger partial charge in [0.15, 0.2) is 18.1 Å². The summed E-state index contributed by atoms with van der Waals surface area (Å²) in [6.45, 7) is 3.12. The van der Waals surface area contributed by atoms with Crippen molar-refractivity contribution < 1.29 is 28.7 Å². The number of ketones is 1. The van der Waals surface area contributed by atoms with Gasteiger partial charge in [-0.25, -0.2) is 4.79 Å². The summed E-state index contributed by atoms with van der Waals surface area (Å²) in [5.74, 6) is -0.813. The van der Waals surface area contributed by atoms with Crippen LogP contribution in [0.25, 0.3) is 0 Å². The average molecular weight is 408 g/mol. The molecule has 0 aliphatic rings. The topological polar surface area (TPSA) is 105 Å². The second-order valence-corrected chi connectivity index (χ2v) is 6.09. The first-order chi connectivity index (χ1) is 13.3. The van der Waals surface area contributed by atoms with Gasteiger partial charge >= 0.3 is 5.97 Å². The van der Waals surface area contributed by atoms with Crippen LogP contribution in [-0.2, 0) is 4.74 Å². The molecule has 0 heterocycles. The lowest BCUT2D eigenvalue weighted by molar-refractivity contribution is -0.385. The van der Waals surface area contributed by atoms with Crippen LogP contribution in [0.1, 0.15) is 33.2 Å². The van der Waals surface area contributed by atoms with Crippen LogP contribution in [0.15, 0.2) is 30.3 Å². The highest BCUT2D eigenvalue weighted by Gasteiger charge is 2.19. The van der Waals surface area contributed by atoms with Gasteiger partial charge in [-0.15, -0.1) is 0 Å². The first kappa shape index (κ1) is 21.2. The number of aryl methyl sites for hydroxylation is 1. The highest BCUT2D eigenvalue weighted by molar-refractivity contribution is 6.32. The smallest absolute Gasteiger partial charge is 0.338 e. The lowest BCUT2D eigenvalue weighted by atomic mass is 10.1. The molecule has 2 aromatic rings. The van der Waals surface area contributed by atoms with Gasteiger partial charge in [-0.1, -0.05) is 23.7 Å². The van der Waals surface area contributed by atoms with Crippen LogP contribution in [-0.4, -0.2) is 37.0 Å². The van der Waals surface area contributed by atoms with E-state index in [4.69, 9.17) is 25.8 Å². The zero-order chi connectivity index (χ0) is 20.8. The van der Waals surface area contributed by atoms with E-state index in [2.05, 4.69) is 0 Å². The summed E-state index contributed by atoms with van der Waals surface area (Å²) in [5, 5.41) is 11.1.